The minimum absolute atomic E-state index is 0.838. The van der Waals surface area contributed by atoms with Crippen LogP contribution in [0.15, 0.2) is 88.7 Å². The first-order valence-corrected chi connectivity index (χ1v) is 9.80. The second-order valence-electron chi connectivity index (χ2n) is 4.66. The lowest BCUT2D eigenvalue weighted by molar-refractivity contribution is 0.414. The Kier molecular flexibility index (Phi) is 10.7. The van der Waals surface area contributed by atoms with Crippen LogP contribution in [0.3, 0.4) is 0 Å². The average Bonchev–Trinajstić information content (AvgIpc) is 2.74. The lowest BCUT2D eigenvalue weighted by Crippen LogP contribution is -1.83. The summed E-state index contributed by atoms with van der Waals surface area (Å²) in [6.07, 6.45) is 0. The smallest absolute Gasteiger partial charge is 0.127 e. The number of hydrogen-bond donors (Lipinski definition) is 0. The van der Waals surface area contributed by atoms with Gasteiger partial charge in [0, 0.05) is 9.79 Å². The van der Waals surface area contributed by atoms with Crippen LogP contribution in [0, 0.1) is 0 Å². The molecule has 0 saturated heterocycles. The summed E-state index contributed by atoms with van der Waals surface area (Å²) < 4.78 is 11.0. The van der Waals surface area contributed by atoms with Crippen molar-refractivity contribution in [1.29, 1.82) is 0 Å². The van der Waals surface area contributed by atoms with Crippen LogP contribution in [-0.2, 0) is 0 Å². The number of ether oxygens (including phenoxy) is 2. The molecule has 0 heterocycles. The van der Waals surface area contributed by atoms with E-state index in [4.69, 9.17) is 9.47 Å². The Balaban J connectivity index is 0.000000791. The number of benzene rings is 3. The molecule has 0 aliphatic carbocycles. The quantitative estimate of drug-likeness (QED) is 0.460. The Morgan fingerprint density at radius 2 is 0.962 bits per heavy atom. The molecule has 0 radical (unpaired) electrons. The monoisotopic (exact) mass is 368 g/mol. The molecule has 0 saturated carbocycles. The molecule has 26 heavy (non-hydrogen) atoms. The maximum Gasteiger partial charge on any atom is 0.127 e. The van der Waals surface area contributed by atoms with E-state index in [9.17, 15) is 0 Å². The molecule has 0 spiro atoms. The van der Waals surface area contributed by atoms with Gasteiger partial charge in [0.2, 0.25) is 0 Å². The summed E-state index contributed by atoms with van der Waals surface area (Å²) in [5.74, 6) is 2.55. The van der Waals surface area contributed by atoms with E-state index >= 15 is 0 Å². The Morgan fingerprint density at radius 1 is 0.538 bits per heavy atom. The molecule has 2 nitrogen and oxygen atoms in total. The first-order chi connectivity index (χ1) is 12.8. The number of para-hydroxylation sites is 1. The minimum atomic E-state index is 0.838. The molecule has 3 rings (SSSR count). The van der Waals surface area contributed by atoms with Crippen LogP contribution in [0.5, 0.6) is 17.2 Å². The van der Waals surface area contributed by atoms with Crippen molar-refractivity contribution >= 4 is 11.8 Å². The summed E-state index contributed by atoms with van der Waals surface area (Å²) in [5.41, 5.74) is 0. The SMILES string of the molecule is CC.CC.COc1ccc(Sc2ccc(Oc3ccccc3)cc2)cc1. The van der Waals surface area contributed by atoms with Gasteiger partial charge in [0.1, 0.15) is 17.2 Å². The molecule has 0 amide bonds. The fourth-order valence-corrected chi connectivity index (χ4v) is 2.80. The third-order valence-electron chi connectivity index (χ3n) is 3.10. The third kappa shape index (κ3) is 7.24. The molecular formula is C23H28O2S. The van der Waals surface area contributed by atoms with Crippen molar-refractivity contribution in [3.05, 3.63) is 78.9 Å². The van der Waals surface area contributed by atoms with E-state index in [-0.39, 0.29) is 0 Å². The summed E-state index contributed by atoms with van der Waals surface area (Å²) in [4.78, 5) is 2.35. The van der Waals surface area contributed by atoms with Gasteiger partial charge in [0.05, 0.1) is 7.11 Å². The zero-order valence-corrected chi connectivity index (χ0v) is 17.0. The Morgan fingerprint density at radius 3 is 1.42 bits per heavy atom. The third-order valence-corrected chi connectivity index (χ3v) is 4.11. The highest BCUT2D eigenvalue weighted by Gasteiger charge is 2.00. The molecule has 0 bridgehead atoms. The topological polar surface area (TPSA) is 18.5 Å². The van der Waals surface area contributed by atoms with Crippen LogP contribution in [0.4, 0.5) is 0 Å². The Labute approximate surface area is 162 Å². The van der Waals surface area contributed by atoms with Crippen LogP contribution in [0.2, 0.25) is 0 Å². The first kappa shape index (κ1) is 21.7. The molecule has 3 heteroatoms. The van der Waals surface area contributed by atoms with E-state index in [1.807, 2.05) is 82.3 Å². The van der Waals surface area contributed by atoms with Crippen molar-refractivity contribution in [2.45, 2.75) is 37.5 Å². The second-order valence-corrected chi connectivity index (χ2v) is 5.81. The normalized spacial score (nSPS) is 9.12. The molecular weight excluding hydrogens is 340 g/mol. The van der Waals surface area contributed by atoms with Crippen LogP contribution in [-0.4, -0.2) is 7.11 Å². The van der Waals surface area contributed by atoms with Crippen LogP contribution >= 0.6 is 11.8 Å². The molecule has 3 aromatic carbocycles. The Hall–Kier alpha value is -2.39. The predicted molar refractivity (Wildman–Crippen MR) is 113 cm³/mol. The van der Waals surface area contributed by atoms with Crippen molar-refractivity contribution in [3.8, 4) is 17.2 Å². The second kappa shape index (κ2) is 12.9. The first-order valence-electron chi connectivity index (χ1n) is 8.98. The standard InChI is InChI=1S/C19H16O2S.2C2H6/c1-20-15-7-11-18(12-8-15)22-19-13-9-17(10-14-19)21-16-5-3-2-4-6-16;2*1-2/h2-14H,1H3;2*1-2H3. The lowest BCUT2D eigenvalue weighted by Gasteiger charge is -2.07. The van der Waals surface area contributed by atoms with Crippen LogP contribution in [0.25, 0.3) is 0 Å². The van der Waals surface area contributed by atoms with Gasteiger partial charge in [0.15, 0.2) is 0 Å². The summed E-state index contributed by atoms with van der Waals surface area (Å²) >= 11 is 1.71. The van der Waals surface area contributed by atoms with Gasteiger partial charge in [-0.15, -0.1) is 0 Å². The average molecular weight is 369 g/mol. The molecule has 0 N–H and O–H groups in total. The van der Waals surface area contributed by atoms with Gasteiger partial charge in [-0.1, -0.05) is 57.7 Å². The number of rotatable bonds is 5. The van der Waals surface area contributed by atoms with Crippen LogP contribution in [0.1, 0.15) is 27.7 Å². The van der Waals surface area contributed by atoms with Crippen molar-refractivity contribution in [1.82, 2.24) is 0 Å². The highest BCUT2D eigenvalue weighted by molar-refractivity contribution is 7.99. The van der Waals surface area contributed by atoms with Crippen molar-refractivity contribution < 1.29 is 9.47 Å². The highest BCUT2D eigenvalue weighted by atomic mass is 32.2. The van der Waals surface area contributed by atoms with E-state index in [2.05, 4.69) is 24.3 Å². The van der Waals surface area contributed by atoms with Gasteiger partial charge in [-0.3, -0.25) is 0 Å². The maximum absolute atomic E-state index is 5.79. The largest absolute Gasteiger partial charge is 0.497 e. The molecule has 0 aromatic heterocycles. The summed E-state index contributed by atoms with van der Waals surface area (Å²) in [5, 5.41) is 0. The van der Waals surface area contributed by atoms with E-state index in [0.717, 1.165) is 17.2 Å². The van der Waals surface area contributed by atoms with Gasteiger partial charge in [-0.05, 0) is 60.7 Å². The predicted octanol–water partition coefficient (Wildman–Crippen LogP) is 7.69. The molecule has 0 fully saturated rings. The van der Waals surface area contributed by atoms with Gasteiger partial charge in [0.25, 0.3) is 0 Å². The molecule has 138 valence electrons. The zero-order chi connectivity index (χ0) is 19.2. The molecule has 0 unspecified atom stereocenters. The Bertz CT molecular complexity index is 707. The highest BCUT2D eigenvalue weighted by Crippen LogP contribution is 2.31. The van der Waals surface area contributed by atoms with E-state index in [1.54, 1.807) is 18.9 Å². The number of hydrogen-bond acceptors (Lipinski definition) is 3. The molecule has 3 aromatic rings. The van der Waals surface area contributed by atoms with E-state index in [0.29, 0.717) is 0 Å². The molecule has 0 aliphatic heterocycles. The van der Waals surface area contributed by atoms with Crippen LogP contribution < -0.4 is 9.47 Å². The van der Waals surface area contributed by atoms with Crippen molar-refractivity contribution in [2.24, 2.45) is 0 Å². The van der Waals surface area contributed by atoms with Gasteiger partial charge >= 0.3 is 0 Å². The fraction of sp³-hybridized carbons (Fsp3) is 0.217. The van der Waals surface area contributed by atoms with Gasteiger partial charge < -0.3 is 9.47 Å². The lowest BCUT2D eigenvalue weighted by atomic mass is 10.3. The van der Waals surface area contributed by atoms with Gasteiger partial charge in [-0.2, -0.15) is 0 Å². The summed E-state index contributed by atoms with van der Waals surface area (Å²) in [6.45, 7) is 8.00. The fourth-order valence-electron chi connectivity index (χ4n) is 1.98. The summed E-state index contributed by atoms with van der Waals surface area (Å²) in [6, 6.07) is 25.9. The van der Waals surface area contributed by atoms with E-state index < -0.39 is 0 Å². The van der Waals surface area contributed by atoms with Crippen molar-refractivity contribution in [2.75, 3.05) is 7.11 Å². The van der Waals surface area contributed by atoms with Gasteiger partial charge in [-0.25, -0.2) is 0 Å². The summed E-state index contributed by atoms with van der Waals surface area (Å²) in [7, 11) is 1.67. The molecule has 0 aliphatic rings. The zero-order valence-electron chi connectivity index (χ0n) is 16.2. The maximum atomic E-state index is 5.79. The molecule has 0 atom stereocenters. The minimum Gasteiger partial charge on any atom is -0.497 e. The number of methoxy groups -OCH3 is 1. The van der Waals surface area contributed by atoms with Crippen molar-refractivity contribution in [3.63, 3.8) is 0 Å². The van der Waals surface area contributed by atoms with E-state index in [1.165, 1.54) is 9.79 Å².